The van der Waals surface area contributed by atoms with Crippen LogP contribution in [0.5, 0.6) is 0 Å². The molecule has 26 heavy (non-hydrogen) atoms. The van der Waals surface area contributed by atoms with Gasteiger partial charge in [0.25, 0.3) is 0 Å². The highest BCUT2D eigenvalue weighted by atomic mass is 16.6. The molecular formula is C22H28N2O2. The lowest BCUT2D eigenvalue weighted by Crippen LogP contribution is -2.53. The van der Waals surface area contributed by atoms with Crippen molar-refractivity contribution in [3.63, 3.8) is 0 Å². The lowest BCUT2D eigenvalue weighted by molar-refractivity contribution is 0.118. The first-order valence-electron chi connectivity index (χ1n) is 9.43. The summed E-state index contributed by atoms with van der Waals surface area (Å²) in [6.07, 6.45) is 0.668. The minimum atomic E-state index is -0.286. The Morgan fingerprint density at radius 1 is 1.04 bits per heavy atom. The molecule has 1 aliphatic rings. The third-order valence-electron chi connectivity index (χ3n) is 5.16. The van der Waals surface area contributed by atoms with Gasteiger partial charge in [0.2, 0.25) is 0 Å². The molecule has 4 nitrogen and oxygen atoms in total. The van der Waals surface area contributed by atoms with Gasteiger partial charge < -0.3 is 4.74 Å². The highest BCUT2D eigenvalue weighted by Crippen LogP contribution is 2.33. The molecule has 3 rings (SSSR count). The van der Waals surface area contributed by atoms with Gasteiger partial charge in [-0.3, -0.25) is 0 Å². The van der Waals surface area contributed by atoms with Gasteiger partial charge >= 0.3 is 6.09 Å². The zero-order chi connectivity index (χ0) is 18.5. The highest BCUT2D eigenvalue weighted by Gasteiger charge is 2.41. The number of amides is 1. The summed E-state index contributed by atoms with van der Waals surface area (Å²) in [5, 5.41) is 1.72. The van der Waals surface area contributed by atoms with E-state index in [2.05, 4.69) is 50.5 Å². The molecule has 1 N–H and O–H groups in total. The Morgan fingerprint density at radius 3 is 2.04 bits per heavy atom. The topological polar surface area (TPSA) is 41.6 Å². The summed E-state index contributed by atoms with van der Waals surface area (Å²) in [5.41, 5.74) is 5.82. The van der Waals surface area contributed by atoms with Crippen LogP contribution in [-0.4, -0.2) is 29.8 Å². The van der Waals surface area contributed by atoms with Gasteiger partial charge in [0, 0.05) is 12.0 Å². The van der Waals surface area contributed by atoms with Gasteiger partial charge in [-0.15, -0.1) is 0 Å². The number of hydrogen-bond donors (Lipinski definition) is 1. The van der Waals surface area contributed by atoms with E-state index >= 15 is 0 Å². The standard InChI is InChI=1S/C22H28N2O2/c1-4-19(16(2)3)23-24-20(15-26-22(24)25)21(17-11-7-5-8-12-17)18-13-9-6-10-14-18/h5-14,16,19-21,23H,4,15H2,1-3H3/t19-,20-/m1/s1. The number of cyclic esters (lactones) is 1. The molecule has 1 fully saturated rings. The average Bonchev–Trinajstić information content (AvgIpc) is 3.01. The monoisotopic (exact) mass is 352 g/mol. The number of hydrogen-bond acceptors (Lipinski definition) is 3. The SMILES string of the molecule is CC[C@@H](NN1C(=O)OC[C@@H]1C(c1ccccc1)c1ccccc1)C(C)C. The minimum absolute atomic E-state index is 0.0565. The van der Waals surface area contributed by atoms with Crippen LogP contribution in [0.3, 0.4) is 0 Å². The van der Waals surface area contributed by atoms with Crippen molar-refractivity contribution in [2.75, 3.05) is 6.61 Å². The first-order chi connectivity index (χ1) is 12.6. The predicted octanol–water partition coefficient (Wildman–Crippen LogP) is 4.58. The van der Waals surface area contributed by atoms with Crippen LogP contribution < -0.4 is 5.43 Å². The Kier molecular flexibility index (Phi) is 5.94. The Labute approximate surface area is 156 Å². The molecule has 2 aromatic carbocycles. The van der Waals surface area contributed by atoms with E-state index in [1.807, 2.05) is 36.4 Å². The summed E-state index contributed by atoms with van der Waals surface area (Å²) in [7, 11) is 0. The number of rotatable bonds is 7. The van der Waals surface area contributed by atoms with Crippen LogP contribution in [0, 0.1) is 5.92 Å². The maximum Gasteiger partial charge on any atom is 0.424 e. The molecule has 0 aromatic heterocycles. The molecule has 1 amide bonds. The van der Waals surface area contributed by atoms with E-state index < -0.39 is 0 Å². The summed E-state index contributed by atoms with van der Waals surface area (Å²) >= 11 is 0. The van der Waals surface area contributed by atoms with Crippen molar-refractivity contribution < 1.29 is 9.53 Å². The van der Waals surface area contributed by atoms with E-state index in [9.17, 15) is 4.79 Å². The van der Waals surface area contributed by atoms with E-state index in [4.69, 9.17) is 4.74 Å². The number of hydrazine groups is 1. The van der Waals surface area contributed by atoms with Crippen molar-refractivity contribution in [1.29, 1.82) is 0 Å². The third-order valence-corrected chi connectivity index (χ3v) is 5.16. The zero-order valence-corrected chi connectivity index (χ0v) is 15.8. The number of nitrogens with zero attached hydrogens (tertiary/aromatic N) is 1. The number of benzene rings is 2. The molecule has 1 heterocycles. The average molecular weight is 352 g/mol. The second-order valence-corrected chi connectivity index (χ2v) is 7.20. The fraction of sp³-hybridized carbons (Fsp3) is 0.409. The molecule has 0 aliphatic carbocycles. The van der Waals surface area contributed by atoms with Crippen LogP contribution in [0.4, 0.5) is 4.79 Å². The van der Waals surface area contributed by atoms with E-state index in [1.54, 1.807) is 5.01 Å². The van der Waals surface area contributed by atoms with Crippen LogP contribution >= 0.6 is 0 Å². The summed E-state index contributed by atoms with van der Waals surface area (Å²) in [6, 6.07) is 20.9. The van der Waals surface area contributed by atoms with Gasteiger partial charge in [-0.05, 0) is 23.5 Å². The summed E-state index contributed by atoms with van der Waals surface area (Å²) < 4.78 is 5.45. The predicted molar refractivity (Wildman–Crippen MR) is 104 cm³/mol. The van der Waals surface area contributed by atoms with Crippen molar-refractivity contribution >= 4 is 6.09 Å². The first-order valence-corrected chi connectivity index (χ1v) is 9.43. The van der Waals surface area contributed by atoms with Gasteiger partial charge in [-0.25, -0.2) is 15.2 Å². The largest absolute Gasteiger partial charge is 0.446 e. The molecule has 4 heteroatoms. The molecule has 1 saturated heterocycles. The van der Waals surface area contributed by atoms with Gasteiger partial charge in [0.15, 0.2) is 0 Å². The maximum absolute atomic E-state index is 12.5. The second kappa shape index (κ2) is 8.37. The van der Waals surface area contributed by atoms with E-state index in [0.29, 0.717) is 12.5 Å². The van der Waals surface area contributed by atoms with Gasteiger partial charge in [0.1, 0.15) is 6.61 Å². The lowest BCUT2D eigenvalue weighted by Gasteiger charge is -2.34. The summed E-state index contributed by atoms with van der Waals surface area (Å²) in [4.78, 5) is 12.5. The first kappa shape index (κ1) is 18.5. The molecule has 0 bridgehead atoms. The van der Waals surface area contributed by atoms with E-state index in [-0.39, 0.29) is 24.1 Å². The fourth-order valence-electron chi connectivity index (χ4n) is 3.68. The van der Waals surface area contributed by atoms with Gasteiger partial charge in [-0.1, -0.05) is 81.4 Å². The molecule has 0 unspecified atom stereocenters. The number of nitrogens with one attached hydrogen (secondary N) is 1. The van der Waals surface area contributed by atoms with E-state index in [1.165, 1.54) is 11.1 Å². The smallest absolute Gasteiger partial charge is 0.424 e. The quantitative estimate of drug-likeness (QED) is 0.793. The fourth-order valence-corrected chi connectivity index (χ4v) is 3.68. The van der Waals surface area contributed by atoms with Gasteiger partial charge in [-0.2, -0.15) is 0 Å². The second-order valence-electron chi connectivity index (χ2n) is 7.20. The van der Waals surface area contributed by atoms with Crippen molar-refractivity contribution in [1.82, 2.24) is 10.4 Å². The van der Waals surface area contributed by atoms with Crippen LogP contribution in [0.1, 0.15) is 44.2 Å². The number of carbonyl (C=O) groups is 1. The molecule has 0 spiro atoms. The Morgan fingerprint density at radius 2 is 1.58 bits per heavy atom. The maximum atomic E-state index is 12.5. The molecule has 0 radical (unpaired) electrons. The van der Waals surface area contributed by atoms with E-state index in [0.717, 1.165) is 6.42 Å². The Bertz CT molecular complexity index is 663. The van der Waals surface area contributed by atoms with Crippen molar-refractivity contribution in [2.45, 2.75) is 45.2 Å². The van der Waals surface area contributed by atoms with Crippen molar-refractivity contribution in [2.24, 2.45) is 5.92 Å². The lowest BCUT2D eigenvalue weighted by atomic mass is 9.85. The van der Waals surface area contributed by atoms with Crippen molar-refractivity contribution in [3.8, 4) is 0 Å². The molecule has 2 atom stereocenters. The van der Waals surface area contributed by atoms with Crippen LogP contribution in [-0.2, 0) is 4.74 Å². The number of ether oxygens (including phenoxy) is 1. The molecule has 2 aromatic rings. The third kappa shape index (κ3) is 3.91. The Hall–Kier alpha value is -2.33. The van der Waals surface area contributed by atoms with Gasteiger partial charge in [0.05, 0.1) is 6.04 Å². The molecule has 138 valence electrons. The van der Waals surface area contributed by atoms with Crippen LogP contribution in [0.15, 0.2) is 60.7 Å². The van der Waals surface area contributed by atoms with Crippen LogP contribution in [0.2, 0.25) is 0 Å². The summed E-state index contributed by atoms with van der Waals surface area (Å²) in [5.74, 6) is 0.488. The van der Waals surface area contributed by atoms with Crippen molar-refractivity contribution in [3.05, 3.63) is 71.8 Å². The zero-order valence-electron chi connectivity index (χ0n) is 15.8. The number of carbonyl (C=O) groups excluding carboxylic acids is 1. The summed E-state index contributed by atoms with van der Waals surface area (Å²) in [6.45, 7) is 6.86. The molecular weight excluding hydrogens is 324 g/mol. The normalized spacial score (nSPS) is 18.4. The minimum Gasteiger partial charge on any atom is -0.446 e. The molecule has 1 aliphatic heterocycles. The van der Waals surface area contributed by atoms with Crippen LogP contribution in [0.25, 0.3) is 0 Å². The highest BCUT2D eigenvalue weighted by molar-refractivity contribution is 5.70. The Balaban J connectivity index is 1.96. The molecule has 0 saturated carbocycles.